The maximum atomic E-state index is 11.7. The average molecular weight is 243 g/mol. The molecule has 1 aliphatic rings. The lowest BCUT2D eigenvalue weighted by atomic mass is 9.82. The van der Waals surface area contributed by atoms with E-state index in [0.717, 1.165) is 0 Å². The van der Waals surface area contributed by atoms with Crippen molar-refractivity contribution in [1.29, 1.82) is 0 Å². The van der Waals surface area contributed by atoms with Crippen LogP contribution in [0.5, 0.6) is 0 Å². The van der Waals surface area contributed by atoms with Gasteiger partial charge in [-0.2, -0.15) is 0 Å². The molecule has 0 atom stereocenters. The van der Waals surface area contributed by atoms with Gasteiger partial charge in [-0.15, -0.1) is 0 Å². The molecule has 0 N–H and O–H groups in total. The first-order chi connectivity index (χ1) is 7.68. The Morgan fingerprint density at radius 3 is 2.24 bits per heavy atom. The number of nitrogens with zero attached hydrogens (tertiary/aromatic N) is 1. The first kappa shape index (κ1) is 13.8. The zero-order chi connectivity index (χ0) is 13.3. The number of carbonyl (C=O) groups excluding carboxylic acids is 2. The molecule has 0 aliphatic carbocycles. The minimum atomic E-state index is -0.576. The van der Waals surface area contributed by atoms with Crippen molar-refractivity contribution in [2.75, 3.05) is 19.7 Å². The molecule has 0 spiro atoms. The van der Waals surface area contributed by atoms with Crippen LogP contribution in [0.2, 0.25) is 0 Å². The predicted molar refractivity (Wildman–Crippen MR) is 62.5 cm³/mol. The quantitative estimate of drug-likeness (QED) is 0.694. The summed E-state index contributed by atoms with van der Waals surface area (Å²) in [6, 6.07) is 0. The van der Waals surface area contributed by atoms with Crippen molar-refractivity contribution in [3.05, 3.63) is 0 Å². The lowest BCUT2D eigenvalue weighted by Crippen LogP contribution is -2.61. The Bertz CT molecular complexity index is 313. The van der Waals surface area contributed by atoms with E-state index in [2.05, 4.69) is 0 Å². The molecule has 17 heavy (non-hydrogen) atoms. The first-order valence-corrected chi connectivity index (χ1v) is 5.83. The second kappa shape index (κ2) is 4.55. The van der Waals surface area contributed by atoms with E-state index < -0.39 is 11.0 Å². The highest BCUT2D eigenvalue weighted by atomic mass is 16.6. The van der Waals surface area contributed by atoms with Gasteiger partial charge in [-0.25, -0.2) is 4.79 Å². The molecule has 1 heterocycles. The molecular formula is C12H21NO4. The molecular weight excluding hydrogens is 222 g/mol. The Balaban J connectivity index is 2.45. The summed E-state index contributed by atoms with van der Waals surface area (Å²) >= 11 is 0. The number of hydrogen-bond acceptors (Lipinski definition) is 4. The van der Waals surface area contributed by atoms with Gasteiger partial charge in [-0.3, -0.25) is 4.79 Å². The normalized spacial score (nSPS) is 18.3. The Labute approximate surface area is 102 Å². The van der Waals surface area contributed by atoms with Crippen molar-refractivity contribution in [3.8, 4) is 0 Å². The SMILES string of the molecule is CCOC(=O)C1(C)CN(C(=O)OC(C)(C)C)C1. The van der Waals surface area contributed by atoms with E-state index in [1.807, 2.05) is 20.8 Å². The minimum Gasteiger partial charge on any atom is -0.465 e. The molecule has 5 heteroatoms. The lowest BCUT2D eigenvalue weighted by molar-refractivity contribution is -0.163. The van der Waals surface area contributed by atoms with Crippen molar-refractivity contribution in [1.82, 2.24) is 4.90 Å². The zero-order valence-corrected chi connectivity index (χ0v) is 11.2. The second-order valence-corrected chi connectivity index (χ2v) is 5.62. The van der Waals surface area contributed by atoms with Crippen molar-refractivity contribution in [2.45, 2.75) is 40.2 Å². The largest absolute Gasteiger partial charge is 0.465 e. The Morgan fingerprint density at radius 2 is 1.82 bits per heavy atom. The van der Waals surface area contributed by atoms with Crippen LogP contribution in [0.15, 0.2) is 0 Å². The summed E-state index contributed by atoms with van der Waals surface area (Å²) < 4.78 is 10.2. The Kier molecular flexibility index (Phi) is 3.69. The van der Waals surface area contributed by atoms with Crippen molar-refractivity contribution < 1.29 is 19.1 Å². The number of esters is 1. The molecule has 1 amide bonds. The standard InChI is InChI=1S/C12H21NO4/c1-6-16-9(14)12(5)7-13(8-12)10(15)17-11(2,3)4/h6-8H2,1-5H3. The van der Waals surface area contributed by atoms with Crippen molar-refractivity contribution in [2.24, 2.45) is 5.41 Å². The fourth-order valence-electron chi connectivity index (χ4n) is 1.69. The maximum absolute atomic E-state index is 11.7. The molecule has 0 aromatic rings. The Hall–Kier alpha value is -1.26. The summed E-state index contributed by atoms with van der Waals surface area (Å²) in [5.41, 5.74) is -1.08. The Morgan fingerprint density at radius 1 is 1.29 bits per heavy atom. The van der Waals surface area contributed by atoms with Crippen molar-refractivity contribution in [3.63, 3.8) is 0 Å². The van der Waals surface area contributed by atoms with Gasteiger partial charge in [0.05, 0.1) is 6.61 Å². The fourth-order valence-corrected chi connectivity index (χ4v) is 1.69. The summed E-state index contributed by atoms with van der Waals surface area (Å²) in [6.45, 7) is 10.1. The van der Waals surface area contributed by atoms with Gasteiger partial charge in [0.15, 0.2) is 0 Å². The highest BCUT2D eigenvalue weighted by Gasteiger charge is 2.49. The lowest BCUT2D eigenvalue weighted by Gasteiger charge is -2.45. The summed E-state index contributed by atoms with van der Waals surface area (Å²) in [5, 5.41) is 0. The number of rotatable bonds is 2. The smallest absolute Gasteiger partial charge is 0.410 e. The van der Waals surface area contributed by atoms with Gasteiger partial charge in [0.25, 0.3) is 0 Å². The van der Waals surface area contributed by atoms with Gasteiger partial charge in [0.1, 0.15) is 11.0 Å². The maximum Gasteiger partial charge on any atom is 0.410 e. The molecule has 0 radical (unpaired) electrons. The van der Waals surface area contributed by atoms with Gasteiger partial charge in [0, 0.05) is 13.1 Å². The van der Waals surface area contributed by atoms with E-state index >= 15 is 0 Å². The third kappa shape index (κ3) is 3.35. The zero-order valence-electron chi connectivity index (χ0n) is 11.2. The molecule has 1 rings (SSSR count). The number of ether oxygens (including phenoxy) is 2. The highest BCUT2D eigenvalue weighted by molar-refractivity contribution is 5.81. The van der Waals surface area contributed by atoms with Crippen LogP contribution in [0.4, 0.5) is 4.79 Å². The topological polar surface area (TPSA) is 55.8 Å². The molecule has 0 saturated carbocycles. The molecule has 0 aromatic carbocycles. The van der Waals surface area contributed by atoms with E-state index in [0.29, 0.717) is 19.7 Å². The molecule has 1 saturated heterocycles. The van der Waals surface area contributed by atoms with Crippen LogP contribution >= 0.6 is 0 Å². The third-order valence-corrected chi connectivity index (χ3v) is 2.50. The van der Waals surface area contributed by atoms with E-state index in [1.54, 1.807) is 13.8 Å². The predicted octanol–water partition coefficient (Wildman–Crippen LogP) is 1.81. The third-order valence-electron chi connectivity index (χ3n) is 2.50. The number of hydrogen-bond donors (Lipinski definition) is 0. The van der Waals surface area contributed by atoms with Crippen LogP contribution in [-0.4, -0.2) is 42.3 Å². The van der Waals surface area contributed by atoms with Gasteiger partial charge in [-0.1, -0.05) is 0 Å². The van der Waals surface area contributed by atoms with Crippen LogP contribution in [0.25, 0.3) is 0 Å². The summed E-state index contributed by atoms with van der Waals surface area (Å²) in [7, 11) is 0. The van der Waals surface area contributed by atoms with Crippen molar-refractivity contribution >= 4 is 12.1 Å². The second-order valence-electron chi connectivity index (χ2n) is 5.62. The molecule has 0 aromatic heterocycles. The van der Waals surface area contributed by atoms with Crippen LogP contribution in [-0.2, 0) is 14.3 Å². The van der Waals surface area contributed by atoms with Gasteiger partial charge in [-0.05, 0) is 34.6 Å². The van der Waals surface area contributed by atoms with E-state index in [9.17, 15) is 9.59 Å². The number of amides is 1. The number of likely N-dealkylation sites (tertiary alicyclic amines) is 1. The van der Waals surface area contributed by atoms with Gasteiger partial charge >= 0.3 is 12.1 Å². The molecule has 5 nitrogen and oxygen atoms in total. The van der Waals surface area contributed by atoms with E-state index in [1.165, 1.54) is 4.90 Å². The van der Waals surface area contributed by atoms with Crippen LogP contribution < -0.4 is 0 Å². The van der Waals surface area contributed by atoms with Gasteiger partial charge < -0.3 is 14.4 Å². The molecule has 0 bridgehead atoms. The number of carbonyl (C=O) groups is 2. The van der Waals surface area contributed by atoms with Crippen LogP contribution in [0.3, 0.4) is 0 Å². The van der Waals surface area contributed by atoms with E-state index in [-0.39, 0.29) is 12.1 Å². The minimum absolute atomic E-state index is 0.250. The van der Waals surface area contributed by atoms with E-state index in [4.69, 9.17) is 9.47 Å². The molecule has 0 unspecified atom stereocenters. The molecule has 1 aliphatic heterocycles. The van der Waals surface area contributed by atoms with Crippen LogP contribution in [0, 0.1) is 5.41 Å². The first-order valence-electron chi connectivity index (χ1n) is 5.83. The average Bonchev–Trinajstić information content (AvgIpc) is 2.10. The van der Waals surface area contributed by atoms with Crippen LogP contribution in [0.1, 0.15) is 34.6 Å². The monoisotopic (exact) mass is 243 g/mol. The van der Waals surface area contributed by atoms with Gasteiger partial charge in [0.2, 0.25) is 0 Å². The summed E-state index contributed by atoms with van der Waals surface area (Å²) in [6.07, 6.45) is -0.376. The summed E-state index contributed by atoms with van der Waals surface area (Å²) in [5.74, 6) is -0.250. The highest BCUT2D eigenvalue weighted by Crippen LogP contribution is 2.32. The fraction of sp³-hybridized carbons (Fsp3) is 0.833. The summed E-state index contributed by atoms with van der Waals surface area (Å²) in [4.78, 5) is 24.8. The molecule has 1 fully saturated rings. The molecule has 98 valence electrons.